The van der Waals surface area contributed by atoms with Gasteiger partial charge in [-0.2, -0.15) is 5.10 Å². The first kappa shape index (κ1) is 18.2. The van der Waals surface area contributed by atoms with E-state index in [4.69, 9.17) is 0 Å². The zero-order valence-electron chi connectivity index (χ0n) is 14.7. The Morgan fingerprint density at radius 1 is 1.18 bits per heavy atom. The summed E-state index contributed by atoms with van der Waals surface area (Å²) < 4.78 is 1.64. The third-order valence-electron chi connectivity index (χ3n) is 3.00. The van der Waals surface area contributed by atoms with Gasteiger partial charge in [0.15, 0.2) is 0 Å². The molecule has 0 spiro atoms. The number of amides is 2. The second-order valence-corrected chi connectivity index (χ2v) is 7.86. The van der Waals surface area contributed by atoms with Gasteiger partial charge < -0.3 is 10.6 Å². The molecule has 1 heterocycles. The Morgan fingerprint density at radius 2 is 1.77 bits per heavy atom. The van der Waals surface area contributed by atoms with E-state index in [0.29, 0.717) is 5.82 Å². The summed E-state index contributed by atoms with van der Waals surface area (Å²) in [5.74, 6) is 0.221. The number of nitrogens with one attached hydrogen (secondary N) is 2. The first-order valence-corrected chi connectivity index (χ1v) is 7.49. The van der Waals surface area contributed by atoms with Gasteiger partial charge in [0.2, 0.25) is 11.8 Å². The third kappa shape index (κ3) is 5.87. The van der Waals surface area contributed by atoms with Gasteiger partial charge in [-0.1, -0.05) is 41.5 Å². The molecule has 0 saturated heterocycles. The van der Waals surface area contributed by atoms with Gasteiger partial charge in [0.1, 0.15) is 5.82 Å². The highest BCUT2D eigenvalue weighted by atomic mass is 16.2. The average Bonchev–Trinajstić information content (AvgIpc) is 2.62. The fourth-order valence-corrected chi connectivity index (χ4v) is 1.89. The normalized spacial score (nSPS) is 12.1. The molecule has 0 aliphatic rings. The number of hydrogen-bond donors (Lipinski definition) is 2. The van der Waals surface area contributed by atoms with Crippen molar-refractivity contribution in [2.75, 3.05) is 11.9 Å². The molecule has 0 aliphatic carbocycles. The molecule has 6 heteroatoms. The van der Waals surface area contributed by atoms with E-state index in [2.05, 4.69) is 36.5 Å². The van der Waals surface area contributed by atoms with E-state index in [1.165, 1.54) is 0 Å². The topological polar surface area (TPSA) is 76.0 Å². The summed E-state index contributed by atoms with van der Waals surface area (Å²) in [6, 6.07) is 1.87. The molecule has 0 radical (unpaired) electrons. The number of aromatic nitrogens is 2. The van der Waals surface area contributed by atoms with Crippen molar-refractivity contribution in [2.24, 2.45) is 17.9 Å². The molecule has 0 atom stereocenters. The van der Waals surface area contributed by atoms with Crippen LogP contribution in [0.4, 0.5) is 5.82 Å². The Labute approximate surface area is 132 Å². The fraction of sp³-hybridized carbons (Fsp3) is 0.688. The molecule has 2 N–H and O–H groups in total. The number of anilines is 1. The van der Waals surface area contributed by atoms with Gasteiger partial charge in [0.25, 0.3) is 0 Å². The second-order valence-electron chi connectivity index (χ2n) is 7.86. The van der Waals surface area contributed by atoms with E-state index < -0.39 is 5.41 Å². The second kappa shape index (κ2) is 6.50. The molecule has 0 saturated carbocycles. The minimum Gasteiger partial charge on any atom is -0.347 e. The maximum atomic E-state index is 11.9. The van der Waals surface area contributed by atoms with Crippen molar-refractivity contribution in [3.05, 3.63) is 11.8 Å². The highest BCUT2D eigenvalue weighted by Crippen LogP contribution is 2.21. The SMILES string of the molecule is Cn1nc(CC(C)(C)C)cc1NC(=O)CNC(=O)C(C)(C)C. The number of nitrogens with zero attached hydrogens (tertiary/aromatic N) is 2. The van der Waals surface area contributed by atoms with E-state index >= 15 is 0 Å². The number of rotatable bonds is 4. The maximum Gasteiger partial charge on any atom is 0.244 e. The largest absolute Gasteiger partial charge is 0.347 e. The highest BCUT2D eigenvalue weighted by Gasteiger charge is 2.21. The van der Waals surface area contributed by atoms with E-state index in [1.807, 2.05) is 6.07 Å². The summed E-state index contributed by atoms with van der Waals surface area (Å²) in [6.07, 6.45) is 0.831. The molecule has 1 aromatic heterocycles. The molecule has 0 aromatic carbocycles. The summed E-state index contributed by atoms with van der Waals surface area (Å²) in [5.41, 5.74) is 0.562. The van der Waals surface area contributed by atoms with Crippen LogP contribution >= 0.6 is 0 Å². The Bertz CT molecular complexity index is 547. The number of aryl methyl sites for hydroxylation is 1. The Kier molecular flexibility index (Phi) is 5.38. The first-order chi connectivity index (χ1) is 9.88. The molecule has 1 aromatic rings. The van der Waals surface area contributed by atoms with Gasteiger partial charge in [-0.3, -0.25) is 14.3 Å². The van der Waals surface area contributed by atoms with Crippen LogP contribution in [0.3, 0.4) is 0 Å². The average molecular weight is 308 g/mol. The zero-order chi connectivity index (χ0) is 17.1. The van der Waals surface area contributed by atoms with Crippen LogP contribution in [0.5, 0.6) is 0 Å². The molecule has 0 unspecified atom stereocenters. The van der Waals surface area contributed by atoms with Crippen molar-refractivity contribution >= 4 is 17.6 Å². The molecule has 0 fully saturated rings. The summed E-state index contributed by atoms with van der Waals surface area (Å²) in [4.78, 5) is 23.7. The van der Waals surface area contributed by atoms with Crippen molar-refractivity contribution < 1.29 is 9.59 Å². The van der Waals surface area contributed by atoms with Crippen LogP contribution in [0.25, 0.3) is 0 Å². The molecular formula is C16H28N4O2. The molecular weight excluding hydrogens is 280 g/mol. The van der Waals surface area contributed by atoms with Crippen molar-refractivity contribution in [3.8, 4) is 0 Å². The Balaban J connectivity index is 2.60. The van der Waals surface area contributed by atoms with E-state index in [-0.39, 0.29) is 23.8 Å². The van der Waals surface area contributed by atoms with Gasteiger partial charge in [0.05, 0.1) is 12.2 Å². The standard InChI is InChI=1S/C16H28N4O2/c1-15(2,3)9-11-8-12(20(7)19-11)18-13(21)10-17-14(22)16(4,5)6/h8H,9-10H2,1-7H3,(H,17,22)(H,18,21). The molecule has 0 aliphatic heterocycles. The van der Waals surface area contributed by atoms with Crippen LogP contribution < -0.4 is 10.6 Å². The van der Waals surface area contributed by atoms with Crippen molar-refractivity contribution in [3.63, 3.8) is 0 Å². The molecule has 6 nitrogen and oxygen atoms in total. The van der Waals surface area contributed by atoms with Gasteiger partial charge >= 0.3 is 0 Å². The lowest BCUT2D eigenvalue weighted by molar-refractivity contribution is -0.130. The fourth-order valence-electron chi connectivity index (χ4n) is 1.89. The van der Waals surface area contributed by atoms with Crippen LogP contribution in [-0.4, -0.2) is 28.1 Å². The van der Waals surface area contributed by atoms with E-state index in [0.717, 1.165) is 12.1 Å². The van der Waals surface area contributed by atoms with E-state index in [9.17, 15) is 9.59 Å². The molecule has 22 heavy (non-hydrogen) atoms. The predicted octanol–water partition coefficient (Wildman–Crippen LogP) is 2.11. The Morgan fingerprint density at radius 3 is 2.27 bits per heavy atom. The minimum atomic E-state index is -0.507. The summed E-state index contributed by atoms with van der Waals surface area (Å²) in [5, 5.41) is 9.79. The van der Waals surface area contributed by atoms with Crippen LogP contribution in [0.1, 0.15) is 47.2 Å². The summed E-state index contributed by atoms with van der Waals surface area (Å²) in [7, 11) is 1.79. The lowest BCUT2D eigenvalue weighted by atomic mass is 9.91. The van der Waals surface area contributed by atoms with Gasteiger partial charge in [0, 0.05) is 18.5 Å². The summed E-state index contributed by atoms with van der Waals surface area (Å²) >= 11 is 0. The number of hydrogen-bond acceptors (Lipinski definition) is 3. The molecule has 0 bridgehead atoms. The number of carbonyl (C=O) groups excluding carboxylic acids is 2. The molecule has 1 rings (SSSR count). The minimum absolute atomic E-state index is 0.0457. The zero-order valence-corrected chi connectivity index (χ0v) is 14.7. The highest BCUT2D eigenvalue weighted by molar-refractivity contribution is 5.94. The number of carbonyl (C=O) groups is 2. The lowest BCUT2D eigenvalue weighted by Gasteiger charge is -2.17. The molecule has 124 valence electrons. The van der Waals surface area contributed by atoms with Crippen LogP contribution in [-0.2, 0) is 23.1 Å². The lowest BCUT2D eigenvalue weighted by Crippen LogP contribution is -2.39. The van der Waals surface area contributed by atoms with Gasteiger partial charge in [-0.05, 0) is 11.8 Å². The predicted molar refractivity (Wildman–Crippen MR) is 87.5 cm³/mol. The quantitative estimate of drug-likeness (QED) is 0.894. The first-order valence-electron chi connectivity index (χ1n) is 7.49. The van der Waals surface area contributed by atoms with Crippen molar-refractivity contribution in [1.82, 2.24) is 15.1 Å². The van der Waals surface area contributed by atoms with Crippen LogP contribution in [0.2, 0.25) is 0 Å². The Hall–Kier alpha value is -1.85. The van der Waals surface area contributed by atoms with Crippen LogP contribution in [0, 0.1) is 10.8 Å². The van der Waals surface area contributed by atoms with Crippen molar-refractivity contribution in [1.29, 1.82) is 0 Å². The van der Waals surface area contributed by atoms with E-state index in [1.54, 1.807) is 32.5 Å². The van der Waals surface area contributed by atoms with Gasteiger partial charge in [-0.25, -0.2) is 0 Å². The maximum absolute atomic E-state index is 11.9. The molecule has 2 amide bonds. The third-order valence-corrected chi connectivity index (χ3v) is 3.00. The van der Waals surface area contributed by atoms with Crippen molar-refractivity contribution in [2.45, 2.75) is 48.0 Å². The summed E-state index contributed by atoms with van der Waals surface area (Å²) in [6.45, 7) is 11.8. The smallest absolute Gasteiger partial charge is 0.244 e. The monoisotopic (exact) mass is 308 g/mol. The van der Waals surface area contributed by atoms with Gasteiger partial charge in [-0.15, -0.1) is 0 Å². The van der Waals surface area contributed by atoms with Crippen LogP contribution in [0.15, 0.2) is 6.07 Å².